The molecule has 3 rings (SSSR count). The molecule has 1 N–H and O–H groups in total. The summed E-state index contributed by atoms with van der Waals surface area (Å²) in [6, 6.07) is 3.92. The monoisotopic (exact) mass is 332 g/mol. The molecular weight excluding hydrogens is 311 g/mol. The van der Waals surface area contributed by atoms with Crippen molar-refractivity contribution < 1.29 is 13.6 Å². The Kier molecular flexibility index (Phi) is 4.89. The summed E-state index contributed by atoms with van der Waals surface area (Å²) in [5, 5.41) is 3.13. The van der Waals surface area contributed by atoms with Gasteiger partial charge in [0.25, 0.3) is 5.89 Å². The zero-order valence-corrected chi connectivity index (χ0v) is 13.7. The first kappa shape index (κ1) is 16.6. The van der Waals surface area contributed by atoms with Crippen LogP contribution in [0.5, 0.6) is 0 Å². The fourth-order valence-electron chi connectivity index (χ4n) is 2.77. The molecule has 128 valence electrons. The van der Waals surface area contributed by atoms with Crippen LogP contribution < -0.4 is 5.32 Å². The van der Waals surface area contributed by atoms with E-state index in [1.807, 2.05) is 19.1 Å². The van der Waals surface area contributed by atoms with E-state index in [2.05, 4.69) is 15.3 Å². The van der Waals surface area contributed by atoms with Crippen LogP contribution >= 0.6 is 0 Å². The fraction of sp³-hybridized carbons (Fsp3) is 0.471. The summed E-state index contributed by atoms with van der Waals surface area (Å²) in [6.45, 7) is 3.49. The number of halogens is 1. The van der Waals surface area contributed by atoms with Gasteiger partial charge in [0, 0.05) is 45.2 Å². The molecule has 3 heterocycles. The molecule has 1 aliphatic heterocycles. The number of piperidine rings is 1. The first-order chi connectivity index (χ1) is 11.6. The molecule has 7 heteroatoms. The molecule has 24 heavy (non-hydrogen) atoms. The van der Waals surface area contributed by atoms with Crippen molar-refractivity contribution >= 4 is 5.91 Å². The number of pyridine rings is 1. The summed E-state index contributed by atoms with van der Waals surface area (Å²) in [5.41, 5.74) is 0.683. The number of carbonyl (C=O) groups excluding carboxylic acids is 1. The van der Waals surface area contributed by atoms with Crippen molar-refractivity contribution in [1.29, 1.82) is 0 Å². The van der Waals surface area contributed by atoms with Gasteiger partial charge in [-0.15, -0.1) is 0 Å². The van der Waals surface area contributed by atoms with Crippen LogP contribution in [0.15, 0.2) is 35.2 Å². The van der Waals surface area contributed by atoms with Gasteiger partial charge >= 0.3 is 5.91 Å². The van der Waals surface area contributed by atoms with Crippen LogP contribution in [0.25, 0.3) is 0 Å². The topological polar surface area (TPSA) is 71.3 Å². The minimum atomic E-state index is -1.31. The van der Waals surface area contributed by atoms with Crippen molar-refractivity contribution in [2.75, 3.05) is 19.6 Å². The Morgan fingerprint density at radius 3 is 2.79 bits per heavy atom. The van der Waals surface area contributed by atoms with E-state index >= 15 is 0 Å². The second-order valence-corrected chi connectivity index (χ2v) is 6.21. The number of aromatic nitrogens is 2. The molecule has 0 aliphatic carbocycles. The van der Waals surface area contributed by atoms with E-state index in [0.717, 1.165) is 11.3 Å². The molecule has 0 bridgehead atoms. The van der Waals surface area contributed by atoms with Crippen LogP contribution in [-0.4, -0.2) is 46.1 Å². The number of oxazole rings is 1. The number of nitrogens with zero attached hydrogens (tertiary/aromatic N) is 3. The van der Waals surface area contributed by atoms with E-state index in [1.54, 1.807) is 11.1 Å². The van der Waals surface area contributed by atoms with E-state index in [-0.39, 0.29) is 18.3 Å². The maximum atomic E-state index is 14.9. The van der Waals surface area contributed by atoms with Gasteiger partial charge in [-0.1, -0.05) is 6.07 Å². The fourth-order valence-corrected chi connectivity index (χ4v) is 2.77. The summed E-state index contributed by atoms with van der Waals surface area (Å²) >= 11 is 0. The molecule has 0 unspecified atom stereocenters. The Labute approximate surface area is 140 Å². The summed E-state index contributed by atoms with van der Waals surface area (Å²) in [4.78, 5) is 21.8. The summed E-state index contributed by atoms with van der Waals surface area (Å²) in [7, 11) is 0. The van der Waals surface area contributed by atoms with Crippen LogP contribution in [0.4, 0.5) is 4.39 Å². The van der Waals surface area contributed by atoms with Crippen LogP contribution in [0.3, 0.4) is 0 Å². The number of nitrogens with one attached hydrogen (secondary N) is 1. The smallest absolute Gasteiger partial charge is 0.309 e. The first-order valence-electron chi connectivity index (χ1n) is 8.06. The number of rotatable bonds is 5. The van der Waals surface area contributed by atoms with Crippen LogP contribution in [0.1, 0.15) is 34.8 Å². The zero-order chi connectivity index (χ0) is 17.0. The van der Waals surface area contributed by atoms with E-state index in [0.29, 0.717) is 32.5 Å². The SMILES string of the molecule is Cc1ccc(CNCC2(F)CCN(C(=O)c3ncco3)CC2)nc1. The highest BCUT2D eigenvalue weighted by Crippen LogP contribution is 2.26. The van der Waals surface area contributed by atoms with Crippen molar-refractivity contribution in [2.24, 2.45) is 0 Å². The summed E-state index contributed by atoms with van der Waals surface area (Å²) in [5.74, 6) is -0.219. The van der Waals surface area contributed by atoms with E-state index in [4.69, 9.17) is 4.42 Å². The largest absolute Gasteiger partial charge is 0.441 e. The molecule has 0 radical (unpaired) electrons. The lowest BCUT2D eigenvalue weighted by Gasteiger charge is -2.36. The molecule has 0 aromatic carbocycles. The number of carbonyl (C=O) groups is 1. The van der Waals surface area contributed by atoms with Crippen LogP contribution in [0, 0.1) is 6.92 Å². The Morgan fingerprint density at radius 2 is 2.17 bits per heavy atom. The third-order valence-electron chi connectivity index (χ3n) is 4.28. The Morgan fingerprint density at radius 1 is 1.38 bits per heavy atom. The standard InChI is InChI=1S/C17H21FN4O2/c1-13-2-3-14(21-10-13)11-19-12-17(18)4-7-22(8-5-17)16(23)15-20-6-9-24-15/h2-3,6,9-10,19H,4-5,7-8,11-12H2,1H3. The van der Waals surface area contributed by atoms with Gasteiger partial charge in [0.05, 0.1) is 11.9 Å². The lowest BCUT2D eigenvalue weighted by Crippen LogP contribution is -2.48. The third-order valence-corrected chi connectivity index (χ3v) is 4.28. The van der Waals surface area contributed by atoms with Crippen LogP contribution in [0.2, 0.25) is 0 Å². The van der Waals surface area contributed by atoms with Gasteiger partial charge in [0.2, 0.25) is 0 Å². The van der Waals surface area contributed by atoms with Crippen molar-refractivity contribution in [3.8, 4) is 0 Å². The summed E-state index contributed by atoms with van der Waals surface area (Å²) < 4.78 is 19.9. The molecule has 6 nitrogen and oxygen atoms in total. The van der Waals surface area contributed by atoms with E-state index in [9.17, 15) is 9.18 Å². The minimum absolute atomic E-state index is 0.0601. The zero-order valence-electron chi connectivity index (χ0n) is 13.7. The lowest BCUT2D eigenvalue weighted by atomic mass is 9.93. The Hall–Kier alpha value is -2.28. The molecule has 1 fully saturated rings. The molecule has 0 atom stereocenters. The highest BCUT2D eigenvalue weighted by Gasteiger charge is 2.36. The van der Waals surface area contributed by atoms with Gasteiger partial charge in [-0.2, -0.15) is 0 Å². The molecule has 1 amide bonds. The number of hydrogen-bond donors (Lipinski definition) is 1. The average Bonchev–Trinajstić information content (AvgIpc) is 3.11. The number of alkyl halides is 1. The number of hydrogen-bond acceptors (Lipinski definition) is 5. The van der Waals surface area contributed by atoms with Crippen LogP contribution in [-0.2, 0) is 6.54 Å². The highest BCUT2D eigenvalue weighted by atomic mass is 19.1. The number of aryl methyl sites for hydroxylation is 1. The predicted molar refractivity (Wildman–Crippen MR) is 86.2 cm³/mol. The van der Waals surface area contributed by atoms with Gasteiger partial charge in [-0.3, -0.25) is 9.78 Å². The Bertz CT molecular complexity index is 664. The maximum absolute atomic E-state index is 14.9. The normalized spacial score (nSPS) is 17.0. The maximum Gasteiger partial charge on any atom is 0.309 e. The molecule has 2 aromatic rings. The number of likely N-dealkylation sites (tertiary alicyclic amines) is 1. The first-order valence-corrected chi connectivity index (χ1v) is 8.06. The quantitative estimate of drug-likeness (QED) is 0.908. The van der Waals surface area contributed by atoms with Gasteiger partial charge in [0.1, 0.15) is 11.9 Å². The van der Waals surface area contributed by atoms with Gasteiger partial charge in [-0.25, -0.2) is 9.37 Å². The highest BCUT2D eigenvalue weighted by molar-refractivity contribution is 5.89. The molecule has 1 saturated heterocycles. The van der Waals surface area contributed by atoms with E-state index < -0.39 is 5.67 Å². The molecule has 1 aliphatic rings. The van der Waals surface area contributed by atoms with Gasteiger partial charge in [0.15, 0.2) is 0 Å². The Balaban J connectivity index is 1.46. The van der Waals surface area contributed by atoms with Gasteiger partial charge < -0.3 is 14.6 Å². The van der Waals surface area contributed by atoms with Crippen molar-refractivity contribution in [1.82, 2.24) is 20.2 Å². The van der Waals surface area contributed by atoms with Gasteiger partial charge in [-0.05, 0) is 18.6 Å². The predicted octanol–water partition coefficient (Wildman–Crippen LogP) is 2.11. The minimum Gasteiger partial charge on any atom is -0.441 e. The summed E-state index contributed by atoms with van der Waals surface area (Å²) in [6.07, 6.45) is 5.19. The molecule has 2 aromatic heterocycles. The van der Waals surface area contributed by atoms with Crippen molar-refractivity contribution in [3.63, 3.8) is 0 Å². The molecule has 0 saturated carbocycles. The second-order valence-electron chi connectivity index (χ2n) is 6.21. The lowest BCUT2D eigenvalue weighted by molar-refractivity contribution is 0.0406. The molecule has 0 spiro atoms. The molecular formula is C17H21FN4O2. The van der Waals surface area contributed by atoms with Crippen molar-refractivity contribution in [3.05, 3.63) is 47.9 Å². The van der Waals surface area contributed by atoms with Crippen molar-refractivity contribution in [2.45, 2.75) is 32.0 Å². The second kappa shape index (κ2) is 7.09. The van der Waals surface area contributed by atoms with E-state index in [1.165, 1.54) is 12.5 Å². The number of amides is 1. The average molecular weight is 332 g/mol. The third kappa shape index (κ3) is 3.97.